The lowest BCUT2D eigenvalue weighted by molar-refractivity contribution is -0.115. The first-order chi connectivity index (χ1) is 11.5. The molecule has 0 aliphatic carbocycles. The van der Waals surface area contributed by atoms with Crippen molar-refractivity contribution in [3.8, 4) is 0 Å². The quantitative estimate of drug-likeness (QED) is 0.701. The third kappa shape index (κ3) is 3.79. The summed E-state index contributed by atoms with van der Waals surface area (Å²) < 4.78 is 3.18. The van der Waals surface area contributed by atoms with Crippen LogP contribution in [0.5, 0.6) is 0 Å². The first kappa shape index (κ1) is 17.0. The van der Waals surface area contributed by atoms with Gasteiger partial charge in [-0.3, -0.25) is 4.79 Å². The van der Waals surface area contributed by atoms with Crippen LogP contribution in [0.4, 0.5) is 0 Å². The molecule has 0 bridgehead atoms. The van der Waals surface area contributed by atoms with Crippen LogP contribution in [0.25, 0.3) is 10.2 Å². The highest BCUT2D eigenvalue weighted by Crippen LogP contribution is 2.21. The number of fused-ring (bicyclic) bond motifs is 1. The van der Waals surface area contributed by atoms with E-state index in [1.165, 1.54) is 21.4 Å². The van der Waals surface area contributed by atoms with Crippen LogP contribution >= 0.6 is 23.1 Å². The fourth-order valence-corrected chi connectivity index (χ4v) is 4.34. The maximum atomic E-state index is 12.2. The van der Waals surface area contributed by atoms with Crippen molar-refractivity contribution in [2.75, 3.05) is 5.75 Å². The van der Waals surface area contributed by atoms with Crippen molar-refractivity contribution in [1.29, 1.82) is 0 Å². The summed E-state index contributed by atoms with van der Waals surface area (Å²) in [5.74, 6) is 1.16. The summed E-state index contributed by atoms with van der Waals surface area (Å²) in [6, 6.07) is 14.5. The predicted octanol–water partition coefficient (Wildman–Crippen LogP) is 4.22. The second kappa shape index (κ2) is 7.36. The van der Waals surface area contributed by atoms with Gasteiger partial charge in [-0.05, 0) is 42.7 Å². The highest BCUT2D eigenvalue weighted by atomic mass is 32.2. The molecule has 3 rings (SSSR count). The Labute approximate surface area is 150 Å². The van der Waals surface area contributed by atoms with Crippen LogP contribution in [-0.4, -0.2) is 16.2 Å². The van der Waals surface area contributed by atoms with Gasteiger partial charge in [0.1, 0.15) is 0 Å². The molecule has 24 heavy (non-hydrogen) atoms. The Bertz CT molecular complexity index is 939. The molecule has 3 aromatic rings. The smallest absolute Gasteiger partial charge is 0.258 e. The Morgan fingerprint density at radius 2 is 1.88 bits per heavy atom. The molecule has 124 valence electrons. The van der Waals surface area contributed by atoms with E-state index < -0.39 is 0 Å². The number of nitrogens with zero attached hydrogens (tertiary/aromatic N) is 2. The number of thiazole rings is 1. The molecule has 0 N–H and O–H groups in total. The molecule has 0 atom stereocenters. The largest absolute Gasteiger partial charge is 0.319 e. The number of hydrogen-bond donors (Lipinski definition) is 0. The molecule has 3 nitrogen and oxygen atoms in total. The van der Waals surface area contributed by atoms with Gasteiger partial charge >= 0.3 is 0 Å². The summed E-state index contributed by atoms with van der Waals surface area (Å²) in [6.45, 7) is 4.21. The third-order valence-corrected chi connectivity index (χ3v) is 6.07. The molecule has 1 aromatic heterocycles. The van der Waals surface area contributed by atoms with Gasteiger partial charge < -0.3 is 4.57 Å². The maximum absolute atomic E-state index is 12.2. The van der Waals surface area contributed by atoms with Crippen molar-refractivity contribution in [3.05, 3.63) is 64.0 Å². The minimum atomic E-state index is -0.0773. The number of benzene rings is 2. The number of carbonyl (C=O) groups is 1. The number of hydrogen-bond acceptors (Lipinski definition) is 3. The van der Waals surface area contributed by atoms with Gasteiger partial charge in [0, 0.05) is 12.8 Å². The van der Waals surface area contributed by atoms with E-state index >= 15 is 0 Å². The number of aryl methyl sites for hydroxylation is 3. The van der Waals surface area contributed by atoms with Gasteiger partial charge in [-0.25, -0.2) is 0 Å². The SMILES string of the molecule is Cc1cc2sc(=NC(=O)CSCc3ccccc3)n(C)c2cc1C. The zero-order chi connectivity index (χ0) is 17.1. The lowest BCUT2D eigenvalue weighted by Crippen LogP contribution is -2.14. The Kier molecular flexibility index (Phi) is 5.21. The Morgan fingerprint density at radius 3 is 2.62 bits per heavy atom. The molecular formula is C19H20N2OS2. The summed E-state index contributed by atoms with van der Waals surface area (Å²) in [4.78, 5) is 17.2. The summed E-state index contributed by atoms with van der Waals surface area (Å²) >= 11 is 3.17. The van der Waals surface area contributed by atoms with Crippen molar-refractivity contribution in [2.24, 2.45) is 12.0 Å². The van der Waals surface area contributed by atoms with Crippen LogP contribution in [0.2, 0.25) is 0 Å². The first-order valence-corrected chi connectivity index (χ1v) is 9.78. The Balaban J connectivity index is 1.74. The van der Waals surface area contributed by atoms with Crippen LogP contribution in [0.3, 0.4) is 0 Å². The molecule has 5 heteroatoms. The van der Waals surface area contributed by atoms with Gasteiger partial charge in [0.2, 0.25) is 0 Å². The minimum Gasteiger partial charge on any atom is -0.319 e. The molecule has 0 saturated carbocycles. The van der Waals surface area contributed by atoms with E-state index in [1.54, 1.807) is 23.1 Å². The summed E-state index contributed by atoms with van der Waals surface area (Å²) in [6.07, 6.45) is 0. The van der Waals surface area contributed by atoms with Crippen molar-refractivity contribution >= 4 is 39.2 Å². The predicted molar refractivity (Wildman–Crippen MR) is 103 cm³/mol. The Hall–Kier alpha value is -1.85. The molecule has 0 saturated heterocycles. The number of aromatic nitrogens is 1. The number of carbonyl (C=O) groups excluding carboxylic acids is 1. The molecule has 0 unspecified atom stereocenters. The molecular weight excluding hydrogens is 336 g/mol. The highest BCUT2D eigenvalue weighted by molar-refractivity contribution is 7.99. The van der Waals surface area contributed by atoms with E-state index in [0.29, 0.717) is 5.75 Å². The molecule has 0 radical (unpaired) electrons. The van der Waals surface area contributed by atoms with Crippen LogP contribution in [0.15, 0.2) is 47.5 Å². The lowest BCUT2D eigenvalue weighted by atomic mass is 10.1. The molecule has 0 spiro atoms. The van der Waals surface area contributed by atoms with Crippen molar-refractivity contribution in [3.63, 3.8) is 0 Å². The number of thioether (sulfide) groups is 1. The molecule has 0 fully saturated rings. The van der Waals surface area contributed by atoms with Crippen molar-refractivity contribution in [1.82, 2.24) is 4.57 Å². The van der Waals surface area contributed by atoms with Gasteiger partial charge in [-0.15, -0.1) is 11.8 Å². The molecule has 2 aromatic carbocycles. The maximum Gasteiger partial charge on any atom is 0.258 e. The van der Waals surface area contributed by atoms with Crippen LogP contribution < -0.4 is 4.80 Å². The average Bonchev–Trinajstić information content (AvgIpc) is 2.85. The number of rotatable bonds is 4. The number of amides is 1. The van der Waals surface area contributed by atoms with Gasteiger partial charge in [0.05, 0.1) is 16.0 Å². The van der Waals surface area contributed by atoms with E-state index in [0.717, 1.165) is 16.1 Å². The fourth-order valence-electron chi connectivity index (χ4n) is 2.46. The topological polar surface area (TPSA) is 34.4 Å². The van der Waals surface area contributed by atoms with Crippen molar-refractivity contribution in [2.45, 2.75) is 19.6 Å². The lowest BCUT2D eigenvalue weighted by Gasteiger charge is -2.01. The minimum absolute atomic E-state index is 0.0773. The van der Waals surface area contributed by atoms with Gasteiger partial charge in [0.25, 0.3) is 5.91 Å². The summed E-state index contributed by atoms with van der Waals surface area (Å²) in [5.41, 5.74) is 4.88. The Morgan fingerprint density at radius 1 is 1.17 bits per heavy atom. The normalized spacial score (nSPS) is 12.0. The standard InChI is InChI=1S/C19H20N2OS2/c1-13-9-16-17(10-14(13)2)24-19(21(16)3)20-18(22)12-23-11-15-7-5-4-6-8-15/h4-10H,11-12H2,1-3H3. The molecule has 1 heterocycles. The first-order valence-electron chi connectivity index (χ1n) is 7.80. The zero-order valence-corrected chi connectivity index (χ0v) is 15.7. The van der Waals surface area contributed by atoms with E-state index in [9.17, 15) is 4.79 Å². The third-order valence-electron chi connectivity index (χ3n) is 3.98. The molecule has 0 aliphatic heterocycles. The van der Waals surface area contributed by atoms with E-state index in [1.807, 2.05) is 29.8 Å². The monoisotopic (exact) mass is 356 g/mol. The van der Waals surface area contributed by atoms with Crippen LogP contribution in [0, 0.1) is 13.8 Å². The second-order valence-corrected chi connectivity index (χ2v) is 7.83. The van der Waals surface area contributed by atoms with Gasteiger partial charge in [-0.1, -0.05) is 41.7 Å². The summed E-state index contributed by atoms with van der Waals surface area (Å²) in [7, 11) is 1.97. The van der Waals surface area contributed by atoms with E-state index in [4.69, 9.17) is 0 Å². The van der Waals surface area contributed by atoms with E-state index in [2.05, 4.69) is 43.1 Å². The van der Waals surface area contributed by atoms with Gasteiger partial charge in [0.15, 0.2) is 4.80 Å². The highest BCUT2D eigenvalue weighted by Gasteiger charge is 2.07. The zero-order valence-electron chi connectivity index (χ0n) is 14.1. The van der Waals surface area contributed by atoms with E-state index in [-0.39, 0.29) is 5.91 Å². The molecule has 1 amide bonds. The van der Waals surface area contributed by atoms with Crippen LogP contribution in [-0.2, 0) is 17.6 Å². The van der Waals surface area contributed by atoms with Crippen LogP contribution in [0.1, 0.15) is 16.7 Å². The summed E-state index contributed by atoms with van der Waals surface area (Å²) in [5, 5.41) is 0. The average molecular weight is 357 g/mol. The second-order valence-electron chi connectivity index (χ2n) is 5.83. The van der Waals surface area contributed by atoms with Crippen molar-refractivity contribution < 1.29 is 4.79 Å². The fraction of sp³-hybridized carbons (Fsp3) is 0.263. The molecule has 0 aliphatic rings. The van der Waals surface area contributed by atoms with Gasteiger partial charge in [-0.2, -0.15) is 4.99 Å².